The first-order chi connectivity index (χ1) is 19.8. The molecule has 0 atom stereocenters. The first-order valence-electron chi connectivity index (χ1n) is 13.7. The van der Waals surface area contributed by atoms with Gasteiger partial charge in [0.05, 0.1) is 18.5 Å². The Bertz CT molecular complexity index is 1720. The summed E-state index contributed by atoms with van der Waals surface area (Å²) >= 11 is 0. The van der Waals surface area contributed by atoms with Crippen LogP contribution in [0, 0.1) is 18.3 Å². The van der Waals surface area contributed by atoms with Gasteiger partial charge in [0.15, 0.2) is 0 Å². The highest BCUT2D eigenvalue weighted by Gasteiger charge is 2.28. The Balaban J connectivity index is 1.13. The van der Waals surface area contributed by atoms with Crippen LogP contribution in [0.5, 0.6) is 0 Å². The Labute approximate surface area is 235 Å². The number of likely N-dealkylation sites (tertiary alicyclic amines) is 1. The van der Waals surface area contributed by atoms with E-state index in [1.807, 2.05) is 24.5 Å². The minimum atomic E-state index is -4.27. The number of aromatic amines is 1. The second-order valence-corrected chi connectivity index (χ2v) is 10.8. The maximum absolute atomic E-state index is 12.9. The van der Waals surface area contributed by atoms with Crippen LogP contribution >= 0.6 is 0 Å². The molecule has 4 heterocycles. The predicted molar refractivity (Wildman–Crippen MR) is 153 cm³/mol. The molecule has 1 aliphatic heterocycles. The smallest absolute Gasteiger partial charge is 0.367 e. The second kappa shape index (κ2) is 10.9. The maximum Gasteiger partial charge on any atom is 0.393 e. The van der Waals surface area contributed by atoms with E-state index in [2.05, 4.69) is 54.9 Å². The summed E-state index contributed by atoms with van der Waals surface area (Å²) in [6.07, 6.45) is 1.82. The van der Waals surface area contributed by atoms with E-state index in [1.54, 1.807) is 12.1 Å². The molecular weight excluding hydrogens is 527 g/mol. The number of H-pyrrole nitrogens is 1. The van der Waals surface area contributed by atoms with Crippen molar-refractivity contribution in [3.8, 4) is 6.07 Å². The number of hydrogen-bond donors (Lipinski definition) is 2. The number of aryl methyl sites for hydroxylation is 1. The molecule has 0 amide bonds. The SMILES string of the molecule is Cc1c(CN2CCC(Nc3ncnc4ccc(CC(F)(F)F)cc34)CC2)ccc2c1cc(C#N)n2Cc1cc[nH]c1. The molecule has 210 valence electrons. The van der Waals surface area contributed by atoms with Crippen molar-refractivity contribution in [3.05, 3.63) is 89.1 Å². The summed E-state index contributed by atoms with van der Waals surface area (Å²) in [7, 11) is 0. The van der Waals surface area contributed by atoms with Gasteiger partial charge in [0.25, 0.3) is 0 Å². The number of anilines is 1. The lowest BCUT2D eigenvalue weighted by Crippen LogP contribution is -2.39. The number of nitrogens with one attached hydrogen (secondary N) is 2. The molecule has 7 nitrogen and oxygen atoms in total. The van der Waals surface area contributed by atoms with Crippen LogP contribution in [0.4, 0.5) is 19.0 Å². The van der Waals surface area contributed by atoms with E-state index in [0.29, 0.717) is 29.0 Å². The number of benzene rings is 2. The van der Waals surface area contributed by atoms with Gasteiger partial charge in [-0.05, 0) is 72.4 Å². The van der Waals surface area contributed by atoms with Crippen molar-refractivity contribution >= 4 is 27.6 Å². The fourth-order valence-corrected chi connectivity index (χ4v) is 5.82. The van der Waals surface area contributed by atoms with Gasteiger partial charge in [0, 0.05) is 54.4 Å². The highest BCUT2D eigenvalue weighted by atomic mass is 19.4. The minimum Gasteiger partial charge on any atom is -0.367 e. The van der Waals surface area contributed by atoms with E-state index in [1.165, 1.54) is 23.5 Å². The van der Waals surface area contributed by atoms with Gasteiger partial charge < -0.3 is 14.9 Å². The quantitative estimate of drug-likeness (QED) is 0.245. The van der Waals surface area contributed by atoms with Crippen molar-refractivity contribution < 1.29 is 13.2 Å². The number of piperidine rings is 1. The van der Waals surface area contributed by atoms with Crippen molar-refractivity contribution in [3.63, 3.8) is 0 Å². The average molecular weight is 558 g/mol. The van der Waals surface area contributed by atoms with Crippen LogP contribution in [0.2, 0.25) is 0 Å². The molecule has 41 heavy (non-hydrogen) atoms. The summed E-state index contributed by atoms with van der Waals surface area (Å²) in [5, 5.41) is 15.0. The van der Waals surface area contributed by atoms with Crippen molar-refractivity contribution in [2.24, 2.45) is 0 Å². The minimum absolute atomic E-state index is 0.167. The molecule has 0 aliphatic carbocycles. The zero-order chi connectivity index (χ0) is 28.6. The van der Waals surface area contributed by atoms with Crippen molar-refractivity contribution in [2.45, 2.75) is 51.5 Å². The van der Waals surface area contributed by atoms with Crippen LogP contribution in [0.3, 0.4) is 0 Å². The third kappa shape index (κ3) is 5.77. The molecule has 0 bridgehead atoms. The highest BCUT2D eigenvalue weighted by Crippen LogP contribution is 2.30. The lowest BCUT2D eigenvalue weighted by Gasteiger charge is -2.33. The molecule has 0 radical (unpaired) electrons. The number of hydrogen-bond acceptors (Lipinski definition) is 5. The Hall–Kier alpha value is -4.36. The second-order valence-electron chi connectivity index (χ2n) is 10.8. The summed E-state index contributed by atoms with van der Waals surface area (Å²) in [5.74, 6) is 0.580. The topological polar surface area (TPSA) is 85.6 Å². The molecular formula is C31H30F3N7. The zero-order valence-corrected chi connectivity index (χ0v) is 22.7. The molecule has 5 aromatic rings. The largest absolute Gasteiger partial charge is 0.393 e. The van der Waals surface area contributed by atoms with E-state index in [-0.39, 0.29) is 11.6 Å². The van der Waals surface area contributed by atoms with Crippen LogP contribution in [0.25, 0.3) is 21.8 Å². The maximum atomic E-state index is 12.9. The highest BCUT2D eigenvalue weighted by molar-refractivity contribution is 5.89. The molecule has 0 spiro atoms. The number of rotatable bonds is 7. The lowest BCUT2D eigenvalue weighted by molar-refractivity contribution is -0.127. The summed E-state index contributed by atoms with van der Waals surface area (Å²) in [6, 6.07) is 15.5. The first-order valence-corrected chi connectivity index (χ1v) is 13.7. The standard InChI is InChI=1S/C31H30F3N7/c1-20-23(3-5-29-26(20)13-25(15-35)41(29)17-22-6-9-36-16-22)18-40-10-7-24(8-11-40)39-30-27-12-21(14-31(32,33)34)2-4-28(27)37-19-38-30/h2-6,9,12-13,16,19,24,36H,7-8,10-11,14,17-18H2,1H3,(H,37,38,39). The normalized spacial score (nSPS) is 15.0. The number of alkyl halides is 3. The van der Waals surface area contributed by atoms with Crippen molar-refractivity contribution in [1.29, 1.82) is 5.26 Å². The fraction of sp³-hybridized carbons (Fsp3) is 0.323. The van der Waals surface area contributed by atoms with Gasteiger partial charge in [-0.3, -0.25) is 4.90 Å². The molecule has 3 aromatic heterocycles. The number of nitrogens with zero attached hydrogens (tertiary/aromatic N) is 5. The van der Waals surface area contributed by atoms with E-state index < -0.39 is 12.6 Å². The number of aromatic nitrogens is 4. The summed E-state index contributed by atoms with van der Waals surface area (Å²) < 4.78 is 40.9. The Morgan fingerprint density at radius 3 is 2.59 bits per heavy atom. The van der Waals surface area contributed by atoms with Crippen LogP contribution in [0.15, 0.2) is 61.2 Å². The van der Waals surface area contributed by atoms with Crippen LogP contribution in [0.1, 0.15) is 40.8 Å². The van der Waals surface area contributed by atoms with Gasteiger partial charge in [0.1, 0.15) is 23.9 Å². The monoisotopic (exact) mass is 557 g/mol. The molecule has 2 aromatic carbocycles. The van der Waals surface area contributed by atoms with Gasteiger partial charge in [0.2, 0.25) is 0 Å². The van der Waals surface area contributed by atoms with E-state index in [0.717, 1.165) is 48.9 Å². The number of fused-ring (bicyclic) bond motifs is 2. The number of halogens is 3. The van der Waals surface area contributed by atoms with Crippen LogP contribution in [-0.4, -0.2) is 49.7 Å². The summed E-state index contributed by atoms with van der Waals surface area (Å²) in [5.41, 5.74) is 6.08. The predicted octanol–water partition coefficient (Wildman–Crippen LogP) is 6.32. The van der Waals surface area contributed by atoms with Crippen LogP contribution < -0.4 is 5.32 Å². The molecule has 0 saturated carbocycles. The molecule has 0 unspecified atom stereocenters. The molecule has 1 fully saturated rings. The average Bonchev–Trinajstić information content (AvgIpc) is 3.59. The first kappa shape index (κ1) is 26.8. The third-order valence-corrected chi connectivity index (χ3v) is 8.01. The van der Waals surface area contributed by atoms with Gasteiger partial charge in [-0.1, -0.05) is 12.1 Å². The van der Waals surface area contributed by atoms with Gasteiger partial charge in [-0.2, -0.15) is 18.4 Å². The fourth-order valence-electron chi connectivity index (χ4n) is 5.82. The Morgan fingerprint density at radius 1 is 1.02 bits per heavy atom. The van der Waals surface area contributed by atoms with E-state index in [4.69, 9.17) is 0 Å². The molecule has 1 saturated heterocycles. The Morgan fingerprint density at radius 2 is 1.85 bits per heavy atom. The molecule has 1 aliphatic rings. The summed E-state index contributed by atoms with van der Waals surface area (Å²) in [4.78, 5) is 14.1. The van der Waals surface area contributed by atoms with Crippen LogP contribution in [-0.2, 0) is 19.5 Å². The Kier molecular flexibility index (Phi) is 7.14. The van der Waals surface area contributed by atoms with Crippen molar-refractivity contribution in [2.75, 3.05) is 18.4 Å². The molecule has 10 heteroatoms. The molecule has 2 N–H and O–H groups in total. The van der Waals surface area contributed by atoms with Gasteiger partial charge in [-0.15, -0.1) is 0 Å². The van der Waals surface area contributed by atoms with E-state index >= 15 is 0 Å². The van der Waals surface area contributed by atoms with Gasteiger partial charge in [-0.25, -0.2) is 9.97 Å². The lowest BCUT2D eigenvalue weighted by atomic mass is 10.0. The molecule has 6 rings (SSSR count). The number of nitriles is 1. The van der Waals surface area contributed by atoms with Crippen molar-refractivity contribution in [1.82, 2.24) is 24.4 Å². The zero-order valence-electron chi connectivity index (χ0n) is 22.7. The van der Waals surface area contributed by atoms with Gasteiger partial charge >= 0.3 is 6.18 Å². The van der Waals surface area contributed by atoms with E-state index in [9.17, 15) is 18.4 Å². The summed E-state index contributed by atoms with van der Waals surface area (Å²) in [6.45, 7) is 5.35. The third-order valence-electron chi connectivity index (χ3n) is 8.01.